The van der Waals surface area contributed by atoms with Gasteiger partial charge in [0.2, 0.25) is 5.17 Å². The number of aryl methyl sites for hydroxylation is 1. The Hall–Kier alpha value is -3.75. The number of nitrogens with zero attached hydrogens (tertiary/aromatic N) is 4. The van der Waals surface area contributed by atoms with E-state index in [0.29, 0.717) is 5.17 Å². The molecule has 1 amide bonds. The molecule has 4 aromatic rings. The van der Waals surface area contributed by atoms with Crippen molar-refractivity contribution < 1.29 is 4.79 Å². The minimum Gasteiger partial charge on any atom is -0.318 e. The minimum atomic E-state index is -0.415. The van der Waals surface area contributed by atoms with Gasteiger partial charge in [0.15, 0.2) is 5.84 Å². The van der Waals surface area contributed by atoms with E-state index in [1.807, 2.05) is 49.6 Å². The number of nitrogens with one attached hydrogen (secondary N) is 1. The molecule has 0 aliphatic carbocycles. The summed E-state index contributed by atoms with van der Waals surface area (Å²) in [4.78, 5) is 18.1. The molecule has 166 valence electrons. The smallest absolute Gasteiger partial charge is 0.283 e. The fraction of sp³-hybridized carbons (Fsp3) is 0.0769. The first-order valence-corrected chi connectivity index (χ1v) is 12.4. The van der Waals surface area contributed by atoms with E-state index in [0.717, 1.165) is 32.6 Å². The average molecular weight is 482 g/mol. The number of hydrazone groups is 1. The van der Waals surface area contributed by atoms with Crippen LogP contribution in [-0.4, -0.2) is 31.5 Å². The Kier molecular flexibility index (Phi) is 4.86. The summed E-state index contributed by atoms with van der Waals surface area (Å²) in [6.45, 7) is 4.07. The van der Waals surface area contributed by atoms with Crippen LogP contribution in [0.15, 0.2) is 81.7 Å². The number of carbonyl (C=O) groups excluding carboxylic acids is 1. The third-order valence-electron chi connectivity index (χ3n) is 5.95. The maximum atomic E-state index is 12.9. The molecule has 0 spiro atoms. The van der Waals surface area contributed by atoms with Gasteiger partial charge >= 0.3 is 0 Å². The van der Waals surface area contributed by atoms with Crippen molar-refractivity contribution in [2.45, 2.75) is 13.8 Å². The van der Waals surface area contributed by atoms with Crippen LogP contribution in [0.3, 0.4) is 0 Å². The third kappa shape index (κ3) is 3.34. The molecule has 6 rings (SSSR count). The Morgan fingerprint density at radius 2 is 1.82 bits per heavy atom. The lowest BCUT2D eigenvalue weighted by Gasteiger charge is -2.20. The predicted molar refractivity (Wildman–Crippen MR) is 141 cm³/mol. The van der Waals surface area contributed by atoms with Crippen molar-refractivity contribution in [2.24, 2.45) is 10.1 Å². The first-order valence-electron chi connectivity index (χ1n) is 10.7. The second-order valence-corrected chi connectivity index (χ2v) is 10.00. The highest BCUT2D eigenvalue weighted by molar-refractivity contribution is 8.27. The number of rotatable bonds is 3. The Bertz CT molecular complexity index is 1590. The zero-order valence-corrected chi connectivity index (χ0v) is 20.1. The maximum absolute atomic E-state index is 12.9. The molecule has 6 nitrogen and oxygen atoms in total. The second kappa shape index (κ2) is 7.93. The Balaban J connectivity index is 1.38. The Morgan fingerprint density at radius 1 is 1.00 bits per heavy atom. The molecular weight excluding hydrogens is 462 g/mol. The first-order chi connectivity index (χ1) is 16.5. The van der Waals surface area contributed by atoms with Gasteiger partial charge in [0.25, 0.3) is 5.91 Å². The van der Waals surface area contributed by atoms with Crippen molar-refractivity contribution in [2.75, 3.05) is 0 Å². The summed E-state index contributed by atoms with van der Waals surface area (Å²) >= 11 is 2.89. The van der Waals surface area contributed by atoms with Crippen LogP contribution in [0.5, 0.6) is 0 Å². The molecule has 4 heterocycles. The number of aliphatic imine (C=N–C) groups is 1. The zero-order chi connectivity index (χ0) is 23.4. The van der Waals surface area contributed by atoms with Crippen LogP contribution in [-0.2, 0) is 4.79 Å². The van der Waals surface area contributed by atoms with Gasteiger partial charge in [-0.25, -0.2) is 0 Å². The molecular formula is C26H19N5OS2. The van der Waals surface area contributed by atoms with E-state index in [4.69, 9.17) is 5.41 Å². The van der Waals surface area contributed by atoms with Crippen LogP contribution < -0.4 is 0 Å². The molecule has 1 N–H and O–H groups in total. The van der Waals surface area contributed by atoms with E-state index in [-0.39, 0.29) is 11.4 Å². The fourth-order valence-electron chi connectivity index (χ4n) is 4.29. The van der Waals surface area contributed by atoms with Crippen molar-refractivity contribution in [1.29, 1.82) is 5.41 Å². The number of thiophene rings is 1. The number of hydrogen-bond acceptors (Lipinski definition) is 5. The van der Waals surface area contributed by atoms with Crippen molar-refractivity contribution in [3.05, 3.63) is 93.4 Å². The molecule has 2 aliphatic rings. The molecule has 0 radical (unpaired) electrons. The van der Waals surface area contributed by atoms with Gasteiger partial charge in [0, 0.05) is 17.1 Å². The van der Waals surface area contributed by atoms with Gasteiger partial charge < -0.3 is 4.57 Å². The number of carbonyl (C=O) groups is 1. The van der Waals surface area contributed by atoms with Gasteiger partial charge in [-0.3, -0.25) is 10.2 Å². The molecule has 0 bridgehead atoms. The number of hydrogen-bond donors (Lipinski definition) is 1. The lowest BCUT2D eigenvalue weighted by molar-refractivity contribution is -0.114. The minimum absolute atomic E-state index is 0.0459. The predicted octanol–water partition coefficient (Wildman–Crippen LogP) is 5.98. The molecule has 2 aliphatic heterocycles. The third-order valence-corrected chi connectivity index (χ3v) is 7.90. The SMILES string of the molecule is Cc1cc(/C=C2/C(=N)N3N=C(c4cccs4)SC3=NC2=O)c(C)n1-c1ccc2ccccc2c1. The summed E-state index contributed by atoms with van der Waals surface area (Å²) in [5, 5.41) is 20.2. The first kappa shape index (κ1) is 20.8. The standard InChI is InChI=1S/C26H19N5OS2/c1-15-12-19(16(2)30(15)20-10-9-17-6-3-4-7-18(17)13-20)14-21-23(27)31-26(28-24(21)32)34-25(29-31)22-8-5-11-33-22/h3-14,27H,1-2H3/b21-14-,27-23?. The molecule has 2 aromatic heterocycles. The van der Waals surface area contributed by atoms with Crippen LogP contribution in [0.4, 0.5) is 0 Å². The topological polar surface area (TPSA) is 73.8 Å². The van der Waals surface area contributed by atoms with E-state index in [1.165, 1.54) is 27.5 Å². The van der Waals surface area contributed by atoms with Crippen molar-refractivity contribution in [3.63, 3.8) is 0 Å². The molecule has 0 saturated heterocycles. The van der Waals surface area contributed by atoms with Crippen LogP contribution >= 0.6 is 23.1 Å². The van der Waals surface area contributed by atoms with Gasteiger partial charge in [-0.15, -0.1) is 11.3 Å². The van der Waals surface area contributed by atoms with Crippen LogP contribution in [0.25, 0.3) is 22.5 Å². The van der Waals surface area contributed by atoms with Gasteiger partial charge in [-0.1, -0.05) is 36.4 Å². The van der Waals surface area contributed by atoms with Crippen LogP contribution in [0.1, 0.15) is 21.8 Å². The lowest BCUT2D eigenvalue weighted by Crippen LogP contribution is -2.35. The van der Waals surface area contributed by atoms with Crippen molar-refractivity contribution >= 4 is 61.9 Å². The monoisotopic (exact) mass is 481 g/mol. The molecule has 2 aromatic carbocycles. The summed E-state index contributed by atoms with van der Waals surface area (Å²) in [7, 11) is 0. The highest BCUT2D eigenvalue weighted by Gasteiger charge is 2.36. The molecule has 8 heteroatoms. The van der Waals surface area contributed by atoms with E-state index in [2.05, 4.69) is 45.0 Å². The van der Waals surface area contributed by atoms with E-state index < -0.39 is 5.91 Å². The van der Waals surface area contributed by atoms with Crippen molar-refractivity contribution in [3.8, 4) is 5.69 Å². The highest BCUT2D eigenvalue weighted by atomic mass is 32.2. The molecule has 0 unspecified atom stereocenters. The number of thioether (sulfide) groups is 1. The van der Waals surface area contributed by atoms with Gasteiger partial charge in [0.05, 0.1) is 10.5 Å². The van der Waals surface area contributed by atoms with E-state index >= 15 is 0 Å². The lowest BCUT2D eigenvalue weighted by atomic mass is 10.1. The second-order valence-electron chi connectivity index (χ2n) is 8.10. The van der Waals surface area contributed by atoms with Crippen LogP contribution in [0.2, 0.25) is 0 Å². The molecule has 0 saturated carbocycles. The fourth-order valence-corrected chi connectivity index (χ4v) is 5.98. The van der Waals surface area contributed by atoms with Gasteiger partial charge in [-0.05, 0) is 77.7 Å². The van der Waals surface area contributed by atoms with Gasteiger partial charge in [0.1, 0.15) is 5.04 Å². The number of benzene rings is 2. The largest absolute Gasteiger partial charge is 0.318 e. The highest BCUT2D eigenvalue weighted by Crippen LogP contribution is 2.33. The summed E-state index contributed by atoms with van der Waals surface area (Å²) in [5.74, 6) is -0.369. The number of aromatic nitrogens is 1. The Labute approximate surface area is 204 Å². The Morgan fingerprint density at radius 3 is 2.62 bits per heavy atom. The van der Waals surface area contributed by atoms with Crippen LogP contribution in [0, 0.1) is 19.3 Å². The molecule has 0 fully saturated rings. The number of amides is 1. The van der Waals surface area contributed by atoms with Gasteiger partial charge in [-0.2, -0.15) is 15.1 Å². The van der Waals surface area contributed by atoms with E-state index in [9.17, 15) is 4.79 Å². The summed E-state index contributed by atoms with van der Waals surface area (Å²) in [6, 6.07) is 20.6. The molecule has 34 heavy (non-hydrogen) atoms. The summed E-state index contributed by atoms with van der Waals surface area (Å²) in [6.07, 6.45) is 1.76. The van der Waals surface area contributed by atoms with E-state index in [1.54, 1.807) is 17.4 Å². The number of fused-ring (bicyclic) bond motifs is 2. The average Bonchev–Trinajstić information content (AvgIpc) is 3.56. The normalized spacial score (nSPS) is 16.9. The maximum Gasteiger partial charge on any atom is 0.283 e. The van der Waals surface area contributed by atoms with Crippen molar-refractivity contribution in [1.82, 2.24) is 9.58 Å². The molecule has 0 atom stereocenters. The zero-order valence-electron chi connectivity index (χ0n) is 18.4. The quantitative estimate of drug-likeness (QED) is 0.366. The summed E-state index contributed by atoms with van der Waals surface area (Å²) < 4.78 is 2.17. The number of amidine groups is 2. The summed E-state index contributed by atoms with van der Waals surface area (Å²) in [5.41, 5.74) is 4.22.